The first-order valence-corrected chi connectivity index (χ1v) is 13.4. The van der Waals surface area contributed by atoms with Gasteiger partial charge < -0.3 is 23.9 Å². The van der Waals surface area contributed by atoms with Gasteiger partial charge in [0.1, 0.15) is 6.04 Å². The van der Waals surface area contributed by atoms with E-state index in [9.17, 15) is 4.79 Å². The summed E-state index contributed by atoms with van der Waals surface area (Å²) in [6.07, 6.45) is 2.05. The van der Waals surface area contributed by atoms with Crippen LogP contribution >= 0.6 is 11.3 Å². The van der Waals surface area contributed by atoms with E-state index in [0.29, 0.717) is 54.6 Å². The Kier molecular flexibility index (Phi) is 8.32. The van der Waals surface area contributed by atoms with E-state index >= 15 is 0 Å². The Balaban J connectivity index is 1.66. The molecule has 38 heavy (non-hydrogen) atoms. The number of ether oxygens (including phenoxy) is 4. The lowest BCUT2D eigenvalue weighted by molar-refractivity contribution is 0.0573. The first-order chi connectivity index (χ1) is 18.6. The highest BCUT2D eigenvalue weighted by molar-refractivity contribution is 7.09. The van der Waals surface area contributed by atoms with Gasteiger partial charge in [0.15, 0.2) is 17.3 Å². The fourth-order valence-electron chi connectivity index (χ4n) is 4.91. The van der Waals surface area contributed by atoms with Crippen molar-refractivity contribution < 1.29 is 18.9 Å². The van der Waals surface area contributed by atoms with E-state index in [2.05, 4.69) is 36.9 Å². The fourth-order valence-corrected chi connectivity index (χ4v) is 5.64. The topological polar surface area (TPSA) is 117 Å². The van der Waals surface area contributed by atoms with Crippen LogP contribution in [0.3, 0.4) is 0 Å². The van der Waals surface area contributed by atoms with E-state index in [0.717, 1.165) is 24.8 Å². The second kappa shape index (κ2) is 12.0. The summed E-state index contributed by atoms with van der Waals surface area (Å²) in [4.78, 5) is 20.2. The highest BCUT2D eigenvalue weighted by Gasteiger charge is 2.33. The number of fused-ring (bicyclic) bond motifs is 1. The van der Waals surface area contributed by atoms with E-state index in [1.165, 1.54) is 4.88 Å². The van der Waals surface area contributed by atoms with Crippen LogP contribution in [-0.2, 0) is 22.6 Å². The maximum absolute atomic E-state index is 13.7. The number of thiophene rings is 1. The standard InChI is InChI=1S/C26H32N6O5S/c1-34-10-8-32-25(28-29-30-32)24(31(15-18-6-4-9-37-18)16-19-7-5-11-38-19)20-12-17-13-22(35-2)23(36-3)14-21(17)27-26(20)33/h5,7,11-14,18,24H,4,6,8-10,15-16H2,1-3H3,(H,27,33). The molecule has 2 atom stereocenters. The van der Waals surface area contributed by atoms with Gasteiger partial charge in [0.2, 0.25) is 0 Å². The van der Waals surface area contributed by atoms with Crippen molar-refractivity contribution in [2.45, 2.75) is 38.1 Å². The number of H-pyrrole nitrogens is 1. The number of benzene rings is 1. The Morgan fingerprint density at radius 3 is 2.79 bits per heavy atom. The van der Waals surface area contributed by atoms with Gasteiger partial charge in [-0.3, -0.25) is 9.69 Å². The largest absolute Gasteiger partial charge is 0.493 e. The number of methoxy groups -OCH3 is 3. The van der Waals surface area contributed by atoms with Gasteiger partial charge in [-0.05, 0) is 46.8 Å². The van der Waals surface area contributed by atoms with E-state index in [-0.39, 0.29) is 11.7 Å². The monoisotopic (exact) mass is 540 g/mol. The molecule has 5 rings (SSSR count). The van der Waals surface area contributed by atoms with Gasteiger partial charge in [-0.25, -0.2) is 4.68 Å². The third-order valence-corrected chi connectivity index (χ3v) is 7.61. The Morgan fingerprint density at radius 2 is 2.08 bits per heavy atom. The molecule has 0 radical (unpaired) electrons. The molecule has 2 unspecified atom stereocenters. The molecule has 0 spiro atoms. The smallest absolute Gasteiger partial charge is 0.253 e. The van der Waals surface area contributed by atoms with Crippen molar-refractivity contribution in [3.63, 3.8) is 0 Å². The molecular formula is C26H32N6O5S. The van der Waals surface area contributed by atoms with Gasteiger partial charge in [-0.15, -0.1) is 16.4 Å². The zero-order valence-corrected chi connectivity index (χ0v) is 22.6. The SMILES string of the molecule is COCCn1nnnc1C(c1cc2cc(OC)c(OC)cc2[nH]c1=O)N(Cc1cccs1)CC1CCCO1. The first-order valence-electron chi connectivity index (χ1n) is 12.5. The van der Waals surface area contributed by atoms with Gasteiger partial charge in [-0.1, -0.05) is 6.07 Å². The van der Waals surface area contributed by atoms with Crippen LogP contribution in [0, 0.1) is 0 Å². The van der Waals surface area contributed by atoms with E-state index in [4.69, 9.17) is 18.9 Å². The van der Waals surface area contributed by atoms with Crippen LogP contribution in [0.5, 0.6) is 11.5 Å². The quantitative estimate of drug-likeness (QED) is 0.289. The molecule has 3 aromatic heterocycles. The van der Waals surface area contributed by atoms with Gasteiger partial charge in [0.05, 0.1) is 39.0 Å². The minimum Gasteiger partial charge on any atom is -0.493 e. The summed E-state index contributed by atoms with van der Waals surface area (Å²) in [5.74, 6) is 1.69. The Hall–Kier alpha value is -3.32. The highest BCUT2D eigenvalue weighted by Crippen LogP contribution is 2.34. The summed E-state index contributed by atoms with van der Waals surface area (Å²) in [6, 6.07) is 9.13. The average Bonchev–Trinajstić information content (AvgIpc) is 3.71. The molecule has 1 fully saturated rings. The molecule has 1 N–H and O–H groups in total. The van der Waals surface area contributed by atoms with Crippen LogP contribution < -0.4 is 15.0 Å². The summed E-state index contributed by atoms with van der Waals surface area (Å²) in [5.41, 5.74) is 0.963. The molecule has 202 valence electrons. The third kappa shape index (κ3) is 5.58. The zero-order chi connectivity index (χ0) is 26.5. The number of pyridine rings is 1. The molecule has 1 aromatic carbocycles. The molecule has 12 heteroatoms. The van der Waals surface area contributed by atoms with Crippen molar-refractivity contribution in [2.24, 2.45) is 0 Å². The summed E-state index contributed by atoms with van der Waals surface area (Å²) < 4.78 is 24.0. The number of hydrogen-bond donors (Lipinski definition) is 1. The third-order valence-electron chi connectivity index (χ3n) is 6.75. The van der Waals surface area contributed by atoms with Gasteiger partial charge in [0.25, 0.3) is 5.56 Å². The number of nitrogens with one attached hydrogen (secondary N) is 1. The molecule has 4 heterocycles. The van der Waals surface area contributed by atoms with Crippen molar-refractivity contribution in [1.82, 2.24) is 30.1 Å². The number of aromatic amines is 1. The number of nitrogens with zero attached hydrogens (tertiary/aromatic N) is 5. The molecule has 1 saturated heterocycles. The zero-order valence-electron chi connectivity index (χ0n) is 21.8. The lowest BCUT2D eigenvalue weighted by Crippen LogP contribution is -2.39. The van der Waals surface area contributed by atoms with Crippen LogP contribution in [-0.4, -0.2) is 77.3 Å². The molecule has 0 amide bonds. The van der Waals surface area contributed by atoms with Crippen molar-refractivity contribution in [1.29, 1.82) is 0 Å². The summed E-state index contributed by atoms with van der Waals surface area (Å²) in [6.45, 7) is 2.88. The lowest BCUT2D eigenvalue weighted by atomic mass is 10.0. The van der Waals surface area contributed by atoms with Crippen LogP contribution in [0.2, 0.25) is 0 Å². The van der Waals surface area contributed by atoms with Crippen LogP contribution in [0.15, 0.2) is 40.5 Å². The number of rotatable bonds is 12. The molecule has 1 aliphatic heterocycles. The highest BCUT2D eigenvalue weighted by atomic mass is 32.1. The van der Waals surface area contributed by atoms with Crippen LogP contribution in [0.25, 0.3) is 10.9 Å². The molecule has 1 aliphatic rings. The summed E-state index contributed by atoms with van der Waals surface area (Å²) >= 11 is 1.68. The lowest BCUT2D eigenvalue weighted by Gasteiger charge is -2.32. The maximum Gasteiger partial charge on any atom is 0.253 e. The average molecular weight is 541 g/mol. The fraction of sp³-hybridized carbons (Fsp3) is 0.462. The molecule has 11 nitrogen and oxygen atoms in total. The second-order valence-electron chi connectivity index (χ2n) is 9.15. The van der Waals surface area contributed by atoms with E-state index in [1.807, 2.05) is 18.2 Å². The van der Waals surface area contributed by atoms with Crippen molar-refractivity contribution in [2.75, 3.05) is 41.1 Å². The summed E-state index contributed by atoms with van der Waals surface area (Å²) in [5, 5.41) is 15.5. The second-order valence-corrected chi connectivity index (χ2v) is 10.2. The van der Waals surface area contributed by atoms with E-state index < -0.39 is 6.04 Å². The minimum absolute atomic E-state index is 0.0599. The minimum atomic E-state index is -0.533. The normalized spacial score (nSPS) is 16.4. The van der Waals surface area contributed by atoms with Crippen LogP contribution in [0.1, 0.15) is 35.1 Å². The Morgan fingerprint density at radius 1 is 1.24 bits per heavy atom. The van der Waals surface area contributed by atoms with Crippen LogP contribution in [0.4, 0.5) is 0 Å². The van der Waals surface area contributed by atoms with Gasteiger partial charge >= 0.3 is 0 Å². The Bertz CT molecular complexity index is 1400. The molecule has 0 aliphatic carbocycles. The van der Waals surface area contributed by atoms with Crippen molar-refractivity contribution in [3.8, 4) is 11.5 Å². The predicted molar refractivity (Wildman–Crippen MR) is 143 cm³/mol. The van der Waals surface area contributed by atoms with Crippen molar-refractivity contribution >= 4 is 22.2 Å². The molecule has 4 aromatic rings. The molecule has 0 bridgehead atoms. The number of tetrazole rings is 1. The summed E-state index contributed by atoms with van der Waals surface area (Å²) in [7, 11) is 4.80. The molecular weight excluding hydrogens is 508 g/mol. The predicted octanol–water partition coefficient (Wildman–Crippen LogP) is 3.01. The van der Waals surface area contributed by atoms with Crippen molar-refractivity contribution in [3.05, 3.63) is 62.3 Å². The number of aromatic nitrogens is 5. The number of hydrogen-bond acceptors (Lipinski definition) is 10. The van der Waals surface area contributed by atoms with E-state index in [1.54, 1.807) is 43.4 Å². The van der Waals surface area contributed by atoms with Gasteiger partial charge in [0, 0.05) is 48.7 Å². The first kappa shape index (κ1) is 26.3. The maximum atomic E-state index is 13.7. The Labute approximate surface area is 224 Å². The van der Waals surface area contributed by atoms with Gasteiger partial charge in [-0.2, -0.15) is 0 Å². The molecule has 0 saturated carbocycles.